The van der Waals surface area contributed by atoms with Crippen LogP contribution in [-0.2, 0) is 11.3 Å². The molecule has 0 saturated carbocycles. The number of phenolic OH excluding ortho intramolecular Hbond substituents is 1. The van der Waals surface area contributed by atoms with Gasteiger partial charge in [0.25, 0.3) is 0 Å². The number of carboxylic acid groups (broad SMARTS) is 1. The van der Waals surface area contributed by atoms with Crippen LogP contribution in [0.4, 0.5) is 10.5 Å². The van der Waals surface area contributed by atoms with Crippen molar-refractivity contribution in [3.8, 4) is 5.75 Å². The van der Waals surface area contributed by atoms with Crippen LogP contribution in [0.5, 0.6) is 5.75 Å². The molecule has 0 aliphatic carbocycles. The number of hydrogen-bond donors (Lipinski definition) is 4. The maximum absolute atomic E-state index is 13.1. The van der Waals surface area contributed by atoms with Crippen LogP contribution in [-0.4, -0.2) is 39.7 Å². The van der Waals surface area contributed by atoms with E-state index in [9.17, 15) is 19.8 Å². The Morgan fingerprint density at radius 2 is 1.70 bits per heavy atom. The van der Waals surface area contributed by atoms with Crippen molar-refractivity contribution < 1.29 is 19.8 Å². The number of hydrogen-bond acceptors (Lipinski definition) is 4. The summed E-state index contributed by atoms with van der Waals surface area (Å²) in [6, 6.07) is 18.1. The highest BCUT2D eigenvalue weighted by atomic mass is 16.4. The van der Waals surface area contributed by atoms with E-state index in [2.05, 4.69) is 5.32 Å². The van der Waals surface area contributed by atoms with Gasteiger partial charge in [-0.05, 0) is 60.0 Å². The molecule has 1 atom stereocenters. The Labute approximate surface area is 174 Å². The molecule has 1 unspecified atom stereocenters. The summed E-state index contributed by atoms with van der Waals surface area (Å²) in [5, 5.41) is 24.1. The van der Waals surface area contributed by atoms with Crippen molar-refractivity contribution in [2.75, 3.05) is 11.9 Å². The summed E-state index contributed by atoms with van der Waals surface area (Å²) in [5.41, 5.74) is 6.85. The molecule has 7 nitrogen and oxygen atoms in total. The van der Waals surface area contributed by atoms with E-state index in [0.29, 0.717) is 24.2 Å². The first-order chi connectivity index (χ1) is 14.5. The summed E-state index contributed by atoms with van der Waals surface area (Å²) < 4.78 is 0. The molecule has 2 amide bonds. The van der Waals surface area contributed by atoms with Gasteiger partial charge in [0.15, 0.2) is 0 Å². The lowest BCUT2D eigenvalue weighted by Crippen LogP contribution is -2.46. The number of urea groups is 1. The van der Waals surface area contributed by atoms with E-state index in [1.54, 1.807) is 18.2 Å². The number of aliphatic carboxylic acids is 1. The van der Waals surface area contributed by atoms with E-state index in [1.165, 1.54) is 17.0 Å². The molecule has 156 valence electrons. The smallest absolute Gasteiger partial charge is 0.326 e. The second-order valence-corrected chi connectivity index (χ2v) is 7.07. The van der Waals surface area contributed by atoms with Gasteiger partial charge in [-0.1, -0.05) is 42.5 Å². The average Bonchev–Trinajstić information content (AvgIpc) is 2.74. The number of carbonyl (C=O) groups is 2. The molecule has 0 heterocycles. The minimum atomic E-state index is -1.09. The van der Waals surface area contributed by atoms with Gasteiger partial charge in [0.1, 0.15) is 11.8 Å². The van der Waals surface area contributed by atoms with E-state index in [1.807, 2.05) is 36.4 Å². The molecule has 0 aliphatic rings. The number of nitrogens with zero attached hydrogens (tertiary/aromatic N) is 1. The molecule has 0 bridgehead atoms. The second-order valence-electron chi connectivity index (χ2n) is 7.07. The SMILES string of the molecule is NCCCC(C(=O)O)N(Cc1ccc(O)cc1)C(=O)Nc1ccc2ccccc2c1. The van der Waals surface area contributed by atoms with Gasteiger partial charge in [0.05, 0.1) is 0 Å². The summed E-state index contributed by atoms with van der Waals surface area (Å²) in [6.45, 7) is 0.421. The van der Waals surface area contributed by atoms with Crippen molar-refractivity contribution in [1.82, 2.24) is 4.90 Å². The molecule has 0 aromatic heterocycles. The summed E-state index contributed by atoms with van der Waals surface area (Å²) in [4.78, 5) is 26.3. The van der Waals surface area contributed by atoms with Gasteiger partial charge in [0, 0.05) is 12.2 Å². The predicted octanol–water partition coefficient (Wildman–Crippen LogP) is 3.77. The van der Waals surface area contributed by atoms with Crippen LogP contribution >= 0.6 is 0 Å². The molecule has 3 aromatic rings. The third-order valence-corrected chi connectivity index (χ3v) is 4.89. The normalized spacial score (nSPS) is 11.8. The van der Waals surface area contributed by atoms with Crippen LogP contribution in [0, 0.1) is 0 Å². The minimum Gasteiger partial charge on any atom is -0.508 e. The summed E-state index contributed by atoms with van der Waals surface area (Å²) >= 11 is 0. The first kappa shape index (κ1) is 21.1. The van der Waals surface area contributed by atoms with Crippen LogP contribution in [0.1, 0.15) is 18.4 Å². The van der Waals surface area contributed by atoms with Crippen molar-refractivity contribution in [1.29, 1.82) is 0 Å². The van der Waals surface area contributed by atoms with E-state index >= 15 is 0 Å². The van der Waals surface area contributed by atoms with Crippen molar-refractivity contribution in [3.63, 3.8) is 0 Å². The first-order valence-electron chi connectivity index (χ1n) is 9.75. The number of rotatable bonds is 8. The Morgan fingerprint density at radius 1 is 1.00 bits per heavy atom. The lowest BCUT2D eigenvalue weighted by atomic mass is 10.1. The molecule has 3 rings (SSSR count). The van der Waals surface area contributed by atoms with E-state index in [4.69, 9.17) is 5.73 Å². The quantitative estimate of drug-likeness (QED) is 0.454. The van der Waals surface area contributed by atoms with Gasteiger partial charge in [-0.25, -0.2) is 9.59 Å². The van der Waals surface area contributed by atoms with Gasteiger partial charge in [0.2, 0.25) is 0 Å². The Bertz CT molecular complexity index is 1020. The van der Waals surface area contributed by atoms with Crippen molar-refractivity contribution in [2.24, 2.45) is 5.73 Å². The third kappa shape index (κ3) is 5.27. The Hall–Kier alpha value is -3.58. The highest BCUT2D eigenvalue weighted by molar-refractivity contribution is 5.95. The maximum Gasteiger partial charge on any atom is 0.326 e. The summed E-state index contributed by atoms with van der Waals surface area (Å²) in [5.74, 6) is -0.986. The van der Waals surface area contributed by atoms with Gasteiger partial charge in [-0.15, -0.1) is 0 Å². The largest absolute Gasteiger partial charge is 0.508 e. The molecule has 7 heteroatoms. The first-order valence-corrected chi connectivity index (χ1v) is 9.75. The molecule has 0 fully saturated rings. The fourth-order valence-electron chi connectivity index (χ4n) is 3.31. The monoisotopic (exact) mass is 407 g/mol. The highest BCUT2D eigenvalue weighted by Gasteiger charge is 2.29. The van der Waals surface area contributed by atoms with Gasteiger partial charge in [-0.2, -0.15) is 0 Å². The number of aromatic hydroxyl groups is 1. The molecule has 30 heavy (non-hydrogen) atoms. The molecule has 5 N–H and O–H groups in total. The molecule has 0 radical (unpaired) electrons. The zero-order valence-electron chi connectivity index (χ0n) is 16.5. The fourth-order valence-corrected chi connectivity index (χ4v) is 3.31. The van der Waals surface area contributed by atoms with E-state index in [0.717, 1.165) is 10.8 Å². The van der Waals surface area contributed by atoms with Crippen molar-refractivity contribution >= 4 is 28.5 Å². The number of carbonyl (C=O) groups excluding carboxylic acids is 1. The van der Waals surface area contributed by atoms with E-state index in [-0.39, 0.29) is 18.7 Å². The number of amides is 2. The van der Waals surface area contributed by atoms with Crippen LogP contribution < -0.4 is 11.1 Å². The predicted molar refractivity (Wildman–Crippen MR) is 116 cm³/mol. The molecule has 3 aromatic carbocycles. The zero-order chi connectivity index (χ0) is 21.5. The number of phenols is 1. The number of fused-ring (bicyclic) bond motifs is 1. The standard InChI is InChI=1S/C23H25N3O4/c24-13-3-6-21(22(28)29)26(15-16-7-11-20(27)12-8-16)23(30)25-19-10-9-17-4-1-2-5-18(17)14-19/h1-2,4-5,7-12,14,21,27H,3,6,13,15,24H2,(H,25,30)(H,28,29). The lowest BCUT2D eigenvalue weighted by Gasteiger charge is -2.29. The number of anilines is 1. The third-order valence-electron chi connectivity index (χ3n) is 4.89. The molecule has 0 aliphatic heterocycles. The Kier molecular flexibility index (Phi) is 6.87. The molecule has 0 spiro atoms. The number of carboxylic acids is 1. The average molecular weight is 407 g/mol. The van der Waals surface area contributed by atoms with E-state index < -0.39 is 18.0 Å². The van der Waals surface area contributed by atoms with Crippen LogP contribution in [0.3, 0.4) is 0 Å². The molecular formula is C23H25N3O4. The van der Waals surface area contributed by atoms with Crippen LogP contribution in [0.15, 0.2) is 66.7 Å². The molecule has 0 saturated heterocycles. The van der Waals surface area contributed by atoms with Gasteiger partial charge in [-0.3, -0.25) is 0 Å². The number of nitrogens with one attached hydrogen (secondary N) is 1. The topological polar surface area (TPSA) is 116 Å². The second kappa shape index (κ2) is 9.76. The number of nitrogens with two attached hydrogens (primary N) is 1. The van der Waals surface area contributed by atoms with Crippen LogP contribution in [0.25, 0.3) is 10.8 Å². The molecular weight excluding hydrogens is 382 g/mol. The zero-order valence-corrected chi connectivity index (χ0v) is 16.5. The van der Waals surface area contributed by atoms with Gasteiger partial charge >= 0.3 is 12.0 Å². The van der Waals surface area contributed by atoms with Crippen LogP contribution in [0.2, 0.25) is 0 Å². The maximum atomic E-state index is 13.1. The summed E-state index contributed by atoms with van der Waals surface area (Å²) in [7, 11) is 0. The fraction of sp³-hybridized carbons (Fsp3) is 0.217. The Balaban J connectivity index is 1.86. The minimum absolute atomic E-state index is 0.0846. The lowest BCUT2D eigenvalue weighted by molar-refractivity contribution is -0.142. The van der Waals surface area contributed by atoms with Crippen molar-refractivity contribution in [3.05, 3.63) is 72.3 Å². The van der Waals surface area contributed by atoms with Crippen molar-refractivity contribution in [2.45, 2.75) is 25.4 Å². The number of benzene rings is 3. The summed E-state index contributed by atoms with van der Waals surface area (Å²) in [6.07, 6.45) is 0.724. The van der Waals surface area contributed by atoms with Gasteiger partial charge < -0.3 is 26.2 Å². The Morgan fingerprint density at radius 3 is 2.37 bits per heavy atom. The highest BCUT2D eigenvalue weighted by Crippen LogP contribution is 2.21.